The molecule has 0 fully saturated rings. The van der Waals surface area contributed by atoms with Crippen molar-refractivity contribution in [2.75, 3.05) is 0 Å². The molecule has 0 amide bonds. The highest BCUT2D eigenvalue weighted by molar-refractivity contribution is 6.28. The van der Waals surface area contributed by atoms with Gasteiger partial charge in [-0.2, -0.15) is 0 Å². The van der Waals surface area contributed by atoms with E-state index in [-0.39, 0.29) is 22.2 Å². The molecule has 2 aliphatic carbocycles. The van der Waals surface area contributed by atoms with Crippen LogP contribution in [0.2, 0.25) is 0 Å². The van der Waals surface area contributed by atoms with Crippen LogP contribution in [-0.4, -0.2) is 16.5 Å². The highest BCUT2D eigenvalue weighted by atomic mass is 16.6. The Bertz CT molecular complexity index is 1600. The summed E-state index contributed by atoms with van der Waals surface area (Å²) in [6.07, 6.45) is 0. The van der Waals surface area contributed by atoms with Crippen LogP contribution in [0.3, 0.4) is 0 Å². The van der Waals surface area contributed by atoms with Crippen LogP contribution >= 0.6 is 0 Å². The Hall–Kier alpha value is -4.38. The zero-order valence-electron chi connectivity index (χ0n) is 18.6. The van der Waals surface area contributed by atoms with E-state index in [1.165, 1.54) is 6.07 Å². The lowest BCUT2D eigenvalue weighted by atomic mass is 9.78. The number of fused-ring (bicyclic) bond motifs is 5. The van der Waals surface area contributed by atoms with Crippen LogP contribution in [0.25, 0.3) is 22.3 Å². The Kier molecular flexibility index (Phi) is 4.05. The summed E-state index contributed by atoms with van der Waals surface area (Å²) in [5.41, 5.74) is 6.54. The van der Waals surface area contributed by atoms with Crippen LogP contribution in [0.15, 0.2) is 78.9 Å². The van der Waals surface area contributed by atoms with Gasteiger partial charge in [0.15, 0.2) is 11.6 Å². The molecule has 0 radical (unpaired) electrons. The van der Waals surface area contributed by atoms with Gasteiger partial charge in [-0.15, -0.1) is 0 Å². The van der Waals surface area contributed by atoms with Gasteiger partial charge in [-0.25, -0.2) is 0 Å². The van der Waals surface area contributed by atoms with E-state index in [0.29, 0.717) is 27.8 Å². The smallest absolute Gasteiger partial charge is 0.277 e. The molecule has 2 aliphatic rings. The third kappa shape index (κ3) is 2.61. The van der Waals surface area contributed by atoms with E-state index in [4.69, 9.17) is 0 Å². The van der Waals surface area contributed by atoms with Crippen LogP contribution in [0, 0.1) is 10.1 Å². The van der Waals surface area contributed by atoms with Crippen molar-refractivity contribution in [2.24, 2.45) is 0 Å². The fourth-order valence-electron chi connectivity index (χ4n) is 5.37. The van der Waals surface area contributed by atoms with Crippen LogP contribution in [0.4, 0.5) is 5.69 Å². The first-order chi connectivity index (χ1) is 16.3. The molecule has 0 saturated heterocycles. The van der Waals surface area contributed by atoms with E-state index in [1.807, 2.05) is 30.3 Å². The predicted octanol–water partition coefficient (Wildman–Crippen LogP) is 6.34. The highest BCUT2D eigenvalue weighted by Gasteiger charge is 2.39. The quantitative estimate of drug-likeness (QED) is 0.235. The zero-order chi connectivity index (χ0) is 23.8. The molecule has 6 rings (SSSR count). The third-order valence-corrected chi connectivity index (χ3v) is 7.13. The predicted molar refractivity (Wildman–Crippen MR) is 129 cm³/mol. The summed E-state index contributed by atoms with van der Waals surface area (Å²) in [6.45, 7) is 4.16. The maximum Gasteiger partial charge on any atom is 0.277 e. The molecular weight excluding hydrogens is 426 g/mol. The average molecular weight is 445 g/mol. The Morgan fingerprint density at radius 2 is 1.18 bits per heavy atom. The lowest BCUT2D eigenvalue weighted by molar-refractivity contribution is -0.384. The van der Waals surface area contributed by atoms with Crippen molar-refractivity contribution < 1.29 is 14.5 Å². The fraction of sp³-hybridized carbons (Fsp3) is 0.103. The molecule has 0 N–H and O–H groups in total. The fourth-order valence-corrected chi connectivity index (χ4v) is 5.37. The summed E-state index contributed by atoms with van der Waals surface area (Å²) >= 11 is 0. The molecule has 0 spiro atoms. The average Bonchev–Trinajstić information content (AvgIpc) is 3.07. The number of nitrogens with zero attached hydrogens (tertiary/aromatic N) is 1. The first-order valence-electron chi connectivity index (χ1n) is 11.0. The zero-order valence-corrected chi connectivity index (χ0v) is 18.6. The van der Waals surface area contributed by atoms with E-state index < -0.39 is 5.41 Å². The number of carbonyl (C=O) groups excluding carboxylic acids is 2. The van der Waals surface area contributed by atoms with Crippen molar-refractivity contribution >= 4 is 17.3 Å². The molecule has 5 heteroatoms. The molecule has 0 saturated carbocycles. The van der Waals surface area contributed by atoms with E-state index in [1.54, 1.807) is 42.5 Å². The lowest BCUT2D eigenvalue weighted by Gasteiger charge is -2.24. The maximum absolute atomic E-state index is 13.3. The number of nitro groups is 1. The van der Waals surface area contributed by atoms with Crippen molar-refractivity contribution in [1.82, 2.24) is 0 Å². The number of hydrogen-bond donors (Lipinski definition) is 0. The maximum atomic E-state index is 13.3. The Balaban J connectivity index is 1.55. The first kappa shape index (κ1) is 20.2. The second kappa shape index (κ2) is 6.81. The highest BCUT2D eigenvalue weighted by Crippen LogP contribution is 2.51. The molecule has 0 atom stereocenters. The Labute approximate surface area is 195 Å². The molecule has 4 aromatic carbocycles. The minimum absolute atomic E-state index is 0.0557. The van der Waals surface area contributed by atoms with Gasteiger partial charge in [0.05, 0.1) is 10.5 Å². The van der Waals surface area contributed by atoms with Gasteiger partial charge < -0.3 is 0 Å². The summed E-state index contributed by atoms with van der Waals surface area (Å²) in [6, 6.07) is 23.2. The summed E-state index contributed by atoms with van der Waals surface area (Å²) in [4.78, 5) is 37.7. The van der Waals surface area contributed by atoms with Crippen LogP contribution < -0.4 is 0 Å². The monoisotopic (exact) mass is 445 g/mol. The minimum atomic E-state index is -0.445. The van der Waals surface area contributed by atoms with Crippen LogP contribution in [0.5, 0.6) is 0 Å². The minimum Gasteiger partial charge on any atom is -0.289 e. The number of ketones is 2. The van der Waals surface area contributed by atoms with Gasteiger partial charge in [0.2, 0.25) is 0 Å². The van der Waals surface area contributed by atoms with E-state index in [9.17, 15) is 19.7 Å². The number of benzene rings is 4. The van der Waals surface area contributed by atoms with Crippen molar-refractivity contribution in [3.8, 4) is 22.3 Å². The number of para-hydroxylation sites is 1. The van der Waals surface area contributed by atoms with Gasteiger partial charge in [0.25, 0.3) is 5.69 Å². The van der Waals surface area contributed by atoms with Crippen molar-refractivity contribution in [1.29, 1.82) is 0 Å². The van der Waals surface area contributed by atoms with E-state index in [2.05, 4.69) is 13.8 Å². The molecule has 0 bridgehead atoms. The van der Waals surface area contributed by atoms with Gasteiger partial charge in [0, 0.05) is 33.7 Å². The molecule has 4 aromatic rings. The van der Waals surface area contributed by atoms with E-state index >= 15 is 0 Å². The second-order valence-corrected chi connectivity index (χ2v) is 9.31. The van der Waals surface area contributed by atoms with Crippen LogP contribution in [-0.2, 0) is 5.41 Å². The number of rotatable bonds is 2. The molecule has 0 heterocycles. The molecule has 164 valence electrons. The third-order valence-electron chi connectivity index (χ3n) is 7.13. The van der Waals surface area contributed by atoms with Gasteiger partial charge in [-0.05, 0) is 52.1 Å². The van der Waals surface area contributed by atoms with Crippen molar-refractivity contribution in [3.05, 3.63) is 122 Å². The van der Waals surface area contributed by atoms with Crippen LogP contribution in [0.1, 0.15) is 56.8 Å². The van der Waals surface area contributed by atoms with Gasteiger partial charge in [0.1, 0.15) is 0 Å². The summed E-state index contributed by atoms with van der Waals surface area (Å²) in [5, 5.41) is 11.6. The van der Waals surface area contributed by atoms with Crippen molar-refractivity contribution in [3.63, 3.8) is 0 Å². The number of carbonyl (C=O) groups is 2. The summed E-state index contributed by atoms with van der Waals surface area (Å²) in [5.74, 6) is -0.281. The standard InChI is InChI=1S/C29H19NO4/c1-29(2)24-13-16(17-7-5-6-10-26(17)30(33)34)11-12-18(24)21-14-22-23(15-25(21)29)28(32)20-9-4-3-8-19(20)27(22)31/h3-15H,1-2H3. The topological polar surface area (TPSA) is 77.3 Å². The molecule has 0 aromatic heterocycles. The number of hydrogen-bond acceptors (Lipinski definition) is 4. The molecule has 34 heavy (non-hydrogen) atoms. The largest absolute Gasteiger partial charge is 0.289 e. The molecule has 0 aliphatic heterocycles. The van der Waals surface area contributed by atoms with Gasteiger partial charge in [-0.1, -0.05) is 62.4 Å². The second-order valence-electron chi connectivity index (χ2n) is 9.31. The van der Waals surface area contributed by atoms with E-state index in [0.717, 1.165) is 27.8 Å². The van der Waals surface area contributed by atoms with Gasteiger partial charge >= 0.3 is 0 Å². The lowest BCUT2D eigenvalue weighted by Crippen LogP contribution is -2.22. The Morgan fingerprint density at radius 3 is 1.82 bits per heavy atom. The SMILES string of the molecule is CC1(C)c2cc(-c3ccccc3[N+](=O)[O-])ccc2-c2cc3c(cc21)C(=O)c1ccccc1C3=O. The molecule has 0 unspecified atom stereocenters. The van der Waals surface area contributed by atoms with Crippen molar-refractivity contribution in [2.45, 2.75) is 19.3 Å². The summed E-state index contributed by atoms with van der Waals surface area (Å²) in [7, 11) is 0. The summed E-state index contributed by atoms with van der Waals surface area (Å²) < 4.78 is 0. The molecule has 5 nitrogen and oxygen atoms in total. The Morgan fingerprint density at radius 1 is 0.618 bits per heavy atom. The van der Waals surface area contributed by atoms with Gasteiger partial charge in [-0.3, -0.25) is 19.7 Å². The normalized spacial score (nSPS) is 14.8. The first-order valence-corrected chi connectivity index (χ1v) is 11.0. The molecular formula is C29H19NO4. The number of nitro benzene ring substituents is 1.